The number of benzene rings is 2. The van der Waals surface area contributed by atoms with E-state index in [1.807, 2.05) is 58.0 Å². The topological polar surface area (TPSA) is 114 Å². The van der Waals surface area contributed by atoms with Crippen molar-refractivity contribution in [3.63, 3.8) is 0 Å². The number of aromatic nitrogens is 2. The summed E-state index contributed by atoms with van der Waals surface area (Å²) in [4.78, 5) is 35.2. The highest BCUT2D eigenvalue weighted by molar-refractivity contribution is 7.90. The van der Waals surface area contributed by atoms with Crippen LogP contribution in [-0.2, 0) is 21.0 Å². The molecule has 1 N–H and O–H groups in total. The summed E-state index contributed by atoms with van der Waals surface area (Å²) in [5, 5.41) is 3.44. The van der Waals surface area contributed by atoms with Crippen molar-refractivity contribution in [3.05, 3.63) is 78.2 Å². The number of ether oxygens (including phenoxy) is 1. The van der Waals surface area contributed by atoms with Gasteiger partial charge in [-0.25, -0.2) is 18.2 Å². The third kappa shape index (κ3) is 8.19. The highest BCUT2D eigenvalue weighted by atomic mass is 35.5. The molecule has 5 rings (SSSR count). The first-order chi connectivity index (χ1) is 20.7. The van der Waals surface area contributed by atoms with E-state index in [9.17, 15) is 18.0 Å². The van der Waals surface area contributed by atoms with Crippen LogP contribution in [0.15, 0.2) is 67.0 Å². The lowest BCUT2D eigenvalue weighted by atomic mass is 9.91. The molecule has 3 atom stereocenters. The number of imidazole rings is 1. The number of nitrogens with one attached hydrogen (secondary N) is 1. The maximum absolute atomic E-state index is 14.3. The zero-order valence-electron chi connectivity index (χ0n) is 25.3. The first-order valence-corrected chi connectivity index (χ1v) is 17.0. The number of sulfone groups is 1. The fourth-order valence-electron chi connectivity index (χ4n) is 6.03. The van der Waals surface area contributed by atoms with Crippen molar-refractivity contribution in [2.75, 3.05) is 45.2 Å². The molecule has 1 aliphatic heterocycles. The van der Waals surface area contributed by atoms with Gasteiger partial charge in [0.2, 0.25) is 0 Å². The Labute approximate surface area is 266 Å². The summed E-state index contributed by atoms with van der Waals surface area (Å²) < 4.78 is 31.2. The van der Waals surface area contributed by atoms with Crippen LogP contribution < -0.4 is 5.32 Å². The standard InChI is InChI=1S/C32H41N5O5S.ClH/c1-35(19-20-43(2,40)41)32(39)42-28-16-10-9-15-27(28)37-23-34-29(30(37)25-13-7-4-8-14-25)31(38)36-18-17-33-22-26(36)21-24-11-5-3-6-12-24;/h3-8,11-14,23,26-28,33H,9-10,15-22H2,1-2H3;1H/t26-,27?,28?;/m1./s1. The van der Waals surface area contributed by atoms with Crippen LogP contribution in [0.5, 0.6) is 0 Å². The first-order valence-electron chi connectivity index (χ1n) is 15.0. The second-order valence-electron chi connectivity index (χ2n) is 11.6. The number of piperazine rings is 1. The molecule has 3 aromatic rings. The Balaban J connectivity index is 0.00000442. The van der Waals surface area contributed by atoms with E-state index in [0.29, 0.717) is 31.7 Å². The van der Waals surface area contributed by atoms with Gasteiger partial charge in [0.05, 0.1) is 23.8 Å². The van der Waals surface area contributed by atoms with Crippen molar-refractivity contribution in [1.82, 2.24) is 24.7 Å². The summed E-state index contributed by atoms with van der Waals surface area (Å²) in [7, 11) is -1.66. The van der Waals surface area contributed by atoms with Gasteiger partial charge < -0.3 is 24.4 Å². The minimum atomic E-state index is -3.21. The summed E-state index contributed by atoms with van der Waals surface area (Å²) in [6.45, 7) is 2.06. The van der Waals surface area contributed by atoms with Crippen molar-refractivity contribution >= 4 is 34.2 Å². The number of hydrogen-bond donors (Lipinski definition) is 1. The summed E-state index contributed by atoms with van der Waals surface area (Å²) >= 11 is 0. The van der Waals surface area contributed by atoms with Crippen LogP contribution in [0.4, 0.5) is 4.79 Å². The SMILES string of the molecule is CN(CCS(C)(=O)=O)C(=O)OC1CCCCC1n1cnc(C(=O)N2CCNC[C@H]2Cc2ccccc2)c1-c1ccccc1.Cl. The molecule has 1 saturated carbocycles. The zero-order chi connectivity index (χ0) is 30.4. The fourth-order valence-corrected chi connectivity index (χ4v) is 6.64. The van der Waals surface area contributed by atoms with E-state index >= 15 is 0 Å². The Hall–Kier alpha value is -3.41. The lowest BCUT2D eigenvalue weighted by Crippen LogP contribution is -2.54. The molecule has 10 nitrogen and oxygen atoms in total. The van der Waals surface area contributed by atoms with Gasteiger partial charge in [-0.3, -0.25) is 4.79 Å². The van der Waals surface area contributed by atoms with Crippen molar-refractivity contribution in [2.45, 2.75) is 50.3 Å². The summed E-state index contributed by atoms with van der Waals surface area (Å²) in [5.41, 5.74) is 3.17. The quantitative estimate of drug-likeness (QED) is 0.371. The van der Waals surface area contributed by atoms with E-state index in [2.05, 4.69) is 17.4 Å². The van der Waals surface area contributed by atoms with Gasteiger partial charge in [0.25, 0.3) is 5.91 Å². The van der Waals surface area contributed by atoms with Crippen molar-refractivity contribution in [3.8, 4) is 11.3 Å². The van der Waals surface area contributed by atoms with Gasteiger partial charge in [0, 0.05) is 51.1 Å². The van der Waals surface area contributed by atoms with Crippen LogP contribution in [-0.4, -0.2) is 97.2 Å². The zero-order valence-corrected chi connectivity index (χ0v) is 26.9. The molecule has 1 saturated heterocycles. The Morgan fingerprint density at radius 3 is 2.43 bits per heavy atom. The molecule has 12 heteroatoms. The lowest BCUT2D eigenvalue weighted by molar-refractivity contribution is 0.0242. The molecule has 0 bridgehead atoms. The second-order valence-corrected chi connectivity index (χ2v) is 13.8. The third-order valence-corrected chi connectivity index (χ3v) is 9.28. The Morgan fingerprint density at radius 2 is 1.73 bits per heavy atom. The smallest absolute Gasteiger partial charge is 0.409 e. The maximum atomic E-state index is 14.3. The normalized spacial score (nSPS) is 20.4. The highest BCUT2D eigenvalue weighted by Gasteiger charge is 2.36. The van der Waals surface area contributed by atoms with Crippen LogP contribution in [0.1, 0.15) is 47.8 Å². The number of halogens is 1. The average molecular weight is 644 g/mol. The fraction of sp³-hybridized carbons (Fsp3) is 0.469. The predicted molar refractivity (Wildman–Crippen MR) is 173 cm³/mol. The molecule has 1 aliphatic carbocycles. The number of hydrogen-bond acceptors (Lipinski definition) is 7. The number of rotatable bonds is 9. The predicted octanol–water partition coefficient (Wildman–Crippen LogP) is 4.23. The molecule has 2 heterocycles. The van der Waals surface area contributed by atoms with Gasteiger partial charge in [-0.15, -0.1) is 12.4 Å². The summed E-state index contributed by atoms with van der Waals surface area (Å²) in [6.07, 6.45) is 5.91. The lowest BCUT2D eigenvalue weighted by Gasteiger charge is -2.36. The average Bonchev–Trinajstić information content (AvgIpc) is 3.46. The van der Waals surface area contributed by atoms with Crippen LogP contribution in [0.3, 0.4) is 0 Å². The number of carbonyl (C=O) groups excluding carboxylic acids is 2. The van der Waals surface area contributed by atoms with Crippen LogP contribution >= 0.6 is 12.4 Å². The van der Waals surface area contributed by atoms with Crippen LogP contribution in [0, 0.1) is 0 Å². The number of amides is 2. The van der Waals surface area contributed by atoms with Gasteiger partial charge in [-0.2, -0.15) is 0 Å². The minimum absolute atomic E-state index is 0. The van der Waals surface area contributed by atoms with E-state index in [0.717, 1.165) is 43.2 Å². The molecule has 2 aromatic carbocycles. The van der Waals surface area contributed by atoms with E-state index in [1.54, 1.807) is 13.4 Å². The molecular weight excluding hydrogens is 602 g/mol. The van der Waals surface area contributed by atoms with Gasteiger partial charge in [-0.05, 0) is 31.2 Å². The van der Waals surface area contributed by atoms with Crippen molar-refractivity contribution in [2.24, 2.45) is 0 Å². The molecule has 2 aliphatic rings. The number of nitrogens with zero attached hydrogens (tertiary/aromatic N) is 4. The molecule has 2 fully saturated rings. The van der Waals surface area contributed by atoms with E-state index in [1.165, 1.54) is 10.5 Å². The Kier molecular flexibility index (Phi) is 11.5. The van der Waals surface area contributed by atoms with Gasteiger partial charge >= 0.3 is 6.09 Å². The van der Waals surface area contributed by atoms with Gasteiger partial charge in [-0.1, -0.05) is 67.1 Å². The molecule has 1 aromatic heterocycles. The van der Waals surface area contributed by atoms with E-state index in [4.69, 9.17) is 9.72 Å². The van der Waals surface area contributed by atoms with E-state index < -0.39 is 22.0 Å². The maximum Gasteiger partial charge on any atom is 0.409 e. The molecule has 2 unspecified atom stereocenters. The molecular formula is C32H42ClN5O5S. The molecule has 2 amide bonds. The molecule has 0 spiro atoms. The van der Waals surface area contributed by atoms with Crippen LogP contribution in [0.2, 0.25) is 0 Å². The molecule has 44 heavy (non-hydrogen) atoms. The van der Waals surface area contributed by atoms with Crippen molar-refractivity contribution in [1.29, 1.82) is 0 Å². The summed E-state index contributed by atoms with van der Waals surface area (Å²) in [5.74, 6) is -0.236. The Morgan fingerprint density at radius 1 is 1.05 bits per heavy atom. The van der Waals surface area contributed by atoms with Crippen molar-refractivity contribution < 1.29 is 22.7 Å². The highest BCUT2D eigenvalue weighted by Crippen LogP contribution is 2.36. The monoisotopic (exact) mass is 643 g/mol. The minimum Gasteiger partial charge on any atom is -0.444 e. The first kappa shape index (κ1) is 33.5. The summed E-state index contributed by atoms with van der Waals surface area (Å²) in [6, 6.07) is 19.8. The van der Waals surface area contributed by atoms with Crippen LogP contribution in [0.25, 0.3) is 11.3 Å². The Bertz CT molecular complexity index is 1500. The van der Waals surface area contributed by atoms with Gasteiger partial charge in [0.1, 0.15) is 15.9 Å². The molecule has 0 radical (unpaired) electrons. The van der Waals surface area contributed by atoms with Gasteiger partial charge in [0.15, 0.2) is 5.69 Å². The largest absolute Gasteiger partial charge is 0.444 e. The van der Waals surface area contributed by atoms with E-state index in [-0.39, 0.29) is 42.7 Å². The third-order valence-electron chi connectivity index (χ3n) is 8.36. The second kappa shape index (κ2) is 15.0. The molecule has 238 valence electrons. The number of carbonyl (C=O) groups is 2.